The van der Waals surface area contributed by atoms with Gasteiger partial charge in [-0.05, 0) is 31.9 Å². The lowest BCUT2D eigenvalue weighted by Crippen LogP contribution is -2.54. The van der Waals surface area contributed by atoms with E-state index in [9.17, 15) is 9.18 Å². The van der Waals surface area contributed by atoms with Crippen LogP contribution in [0.25, 0.3) is 11.2 Å². The Morgan fingerprint density at radius 1 is 1.37 bits per heavy atom. The summed E-state index contributed by atoms with van der Waals surface area (Å²) in [4.78, 5) is 29.8. The molecule has 2 fully saturated rings. The molecule has 0 aliphatic carbocycles. The summed E-state index contributed by atoms with van der Waals surface area (Å²) < 4.78 is 33.6. The molecule has 2 aliphatic rings. The molecule has 6 N–H and O–H groups in total. The van der Waals surface area contributed by atoms with Gasteiger partial charge in [-0.1, -0.05) is 11.1 Å². The predicted molar refractivity (Wildman–Crippen MR) is 129 cm³/mol. The number of aromatic nitrogens is 5. The zero-order chi connectivity index (χ0) is 27.1. The number of pyridine rings is 1. The van der Waals surface area contributed by atoms with Crippen molar-refractivity contribution in [3.63, 3.8) is 0 Å². The second-order valence-electron chi connectivity index (χ2n) is 8.97. The number of nitrogen functional groups attached to an aromatic ring is 1. The van der Waals surface area contributed by atoms with E-state index in [0.29, 0.717) is 11.2 Å². The van der Waals surface area contributed by atoms with Gasteiger partial charge >= 0.3 is 0 Å². The smallest absolute Gasteiger partial charge is 0.254 e. The Balaban J connectivity index is 1.33. The number of amides is 1. The first-order chi connectivity index (χ1) is 18.2. The fourth-order valence-corrected chi connectivity index (χ4v) is 4.52. The number of carbonyl (C=O) groups excluding carboxylic acids is 1. The normalized spacial score (nSPS) is 24.1. The molecule has 0 bridgehead atoms. The lowest BCUT2D eigenvalue weighted by atomic mass is 10.0. The molecule has 5 heterocycles. The minimum Gasteiger partial charge on any atom is -0.409 e. The van der Waals surface area contributed by atoms with Gasteiger partial charge in [0.2, 0.25) is 5.72 Å². The zero-order valence-corrected chi connectivity index (χ0v) is 20.4. The molecule has 38 heavy (non-hydrogen) atoms. The Hall–Kier alpha value is -4.39. The summed E-state index contributed by atoms with van der Waals surface area (Å²) in [6, 6.07) is 2.47. The van der Waals surface area contributed by atoms with Gasteiger partial charge < -0.3 is 36.2 Å². The highest BCUT2D eigenvalue weighted by molar-refractivity contribution is 5.95. The molecule has 0 aromatic carbocycles. The minimum absolute atomic E-state index is 0.0976. The fourth-order valence-electron chi connectivity index (χ4n) is 4.52. The van der Waals surface area contributed by atoms with Crippen molar-refractivity contribution >= 4 is 28.7 Å². The molecule has 3 unspecified atom stereocenters. The van der Waals surface area contributed by atoms with Crippen LogP contribution in [0.3, 0.4) is 0 Å². The number of fused-ring (bicyclic) bond motifs is 2. The molecule has 3 aromatic rings. The molecule has 3 aromatic heterocycles. The third-order valence-electron chi connectivity index (χ3n) is 6.03. The van der Waals surface area contributed by atoms with Crippen molar-refractivity contribution in [1.82, 2.24) is 29.8 Å². The van der Waals surface area contributed by atoms with E-state index < -0.39 is 41.3 Å². The van der Waals surface area contributed by atoms with Gasteiger partial charge in [0.1, 0.15) is 29.3 Å². The highest BCUT2D eigenvalue weighted by Crippen LogP contribution is 2.48. The molecule has 14 nitrogen and oxygen atoms in total. The van der Waals surface area contributed by atoms with E-state index in [2.05, 4.69) is 42.2 Å². The summed E-state index contributed by atoms with van der Waals surface area (Å²) >= 11 is 0. The number of nitrogens with zero attached hydrogens (tertiary/aromatic N) is 6. The number of oxime groups is 1. The molecule has 0 saturated carbocycles. The summed E-state index contributed by atoms with van der Waals surface area (Å²) in [5.74, 6) is 3.10. The Morgan fingerprint density at radius 2 is 2.18 bits per heavy atom. The Bertz CT molecular complexity index is 1500. The number of imidazole rings is 1. The molecule has 3 atom stereocenters. The molecule has 1 amide bonds. The summed E-state index contributed by atoms with van der Waals surface area (Å²) in [7, 11) is 0. The largest absolute Gasteiger partial charge is 0.409 e. The highest BCUT2D eigenvalue weighted by Gasteiger charge is 2.66. The predicted octanol–water partition coefficient (Wildman–Crippen LogP) is -0.202. The number of hydrogen-bond donors (Lipinski definition) is 4. The van der Waals surface area contributed by atoms with Gasteiger partial charge in [0.25, 0.3) is 5.91 Å². The second kappa shape index (κ2) is 9.49. The number of halogens is 1. The number of nitrogens with one attached hydrogen (secondary N) is 1. The number of hydrogen-bond acceptors (Lipinski definition) is 11. The first-order valence-electron chi connectivity index (χ1n) is 11.5. The van der Waals surface area contributed by atoms with Gasteiger partial charge in [-0.2, -0.15) is 0 Å². The van der Waals surface area contributed by atoms with E-state index in [1.165, 1.54) is 18.7 Å². The summed E-state index contributed by atoms with van der Waals surface area (Å²) in [6.45, 7) is 3.76. The Morgan fingerprint density at radius 3 is 2.97 bits per heavy atom. The minimum atomic E-state index is -1.39. The van der Waals surface area contributed by atoms with E-state index in [1.807, 2.05) is 0 Å². The van der Waals surface area contributed by atoms with Gasteiger partial charge in [-0.15, -0.1) is 0 Å². The highest BCUT2D eigenvalue weighted by atomic mass is 19.1. The average Bonchev–Trinajstić information content (AvgIpc) is 3.54. The number of nitrogens with two attached hydrogens (primary N) is 2. The van der Waals surface area contributed by atoms with Crippen LogP contribution in [0.1, 0.15) is 31.7 Å². The van der Waals surface area contributed by atoms with Gasteiger partial charge in [-0.3, -0.25) is 9.36 Å². The van der Waals surface area contributed by atoms with Crippen molar-refractivity contribution in [3.8, 4) is 11.8 Å². The topological polar surface area (TPSA) is 198 Å². The lowest BCUT2D eigenvalue weighted by molar-refractivity contribution is -0.217. The van der Waals surface area contributed by atoms with Crippen molar-refractivity contribution in [2.75, 3.05) is 18.9 Å². The van der Waals surface area contributed by atoms with Crippen LogP contribution in [-0.4, -0.2) is 72.6 Å². The number of amidine groups is 1. The lowest BCUT2D eigenvalue weighted by Gasteiger charge is -2.33. The zero-order valence-electron chi connectivity index (χ0n) is 20.4. The van der Waals surface area contributed by atoms with Gasteiger partial charge in [0.05, 0.1) is 12.9 Å². The standard InChI is InChI=1S/C23H24FN9O5/c1-22(2)37-14-9-36-17(23(14,38-22)33-11-30-16-18(25)28-10-29-20(16)33)21(34)27-8-4-3-5-12-6-7-13(24)15(31-12)19(26)32-35/h6-7,10-11,14,17,35H,4,8-9H2,1-2H3,(H2,26,32)(H,27,34)(H2,25,28,29). The molecule has 0 radical (unpaired) electrons. The molecule has 0 spiro atoms. The van der Waals surface area contributed by atoms with Crippen LogP contribution >= 0.6 is 0 Å². The number of carbonyl (C=O) groups is 1. The maximum Gasteiger partial charge on any atom is 0.254 e. The second-order valence-corrected chi connectivity index (χ2v) is 8.97. The molecule has 2 saturated heterocycles. The summed E-state index contributed by atoms with van der Waals surface area (Å²) in [5.41, 5.74) is 10.6. The number of anilines is 1. The fraction of sp³-hybridized carbons (Fsp3) is 0.391. The SMILES string of the molecule is CC1(C)OC2COC(C(=O)NCCC#Cc3ccc(F)c(/C(N)=N\O)n3)C2(n2cnc3c(N)ncnc32)O1. The Kier molecular flexibility index (Phi) is 6.31. The Labute approximate surface area is 215 Å². The van der Waals surface area contributed by atoms with Crippen molar-refractivity contribution in [2.24, 2.45) is 10.9 Å². The summed E-state index contributed by atoms with van der Waals surface area (Å²) in [6.07, 6.45) is 1.29. The third-order valence-corrected chi connectivity index (χ3v) is 6.03. The molecular weight excluding hydrogens is 501 g/mol. The van der Waals surface area contributed by atoms with Gasteiger partial charge in [0.15, 0.2) is 35.0 Å². The van der Waals surface area contributed by atoms with Gasteiger partial charge in [0, 0.05) is 13.0 Å². The summed E-state index contributed by atoms with van der Waals surface area (Å²) in [5, 5.41) is 14.3. The number of rotatable bonds is 5. The van der Waals surface area contributed by atoms with Crippen LogP contribution in [0.5, 0.6) is 0 Å². The van der Waals surface area contributed by atoms with Crippen LogP contribution in [0.4, 0.5) is 10.2 Å². The maximum absolute atomic E-state index is 13.8. The third kappa shape index (κ3) is 4.24. The van der Waals surface area contributed by atoms with Crippen LogP contribution in [-0.2, 0) is 24.7 Å². The van der Waals surface area contributed by atoms with Crippen LogP contribution in [0.2, 0.25) is 0 Å². The van der Waals surface area contributed by atoms with Crippen LogP contribution < -0.4 is 16.8 Å². The van der Waals surface area contributed by atoms with Crippen LogP contribution in [0.15, 0.2) is 29.9 Å². The van der Waals surface area contributed by atoms with Crippen LogP contribution in [0, 0.1) is 17.7 Å². The van der Waals surface area contributed by atoms with Gasteiger partial charge in [-0.25, -0.2) is 24.3 Å². The monoisotopic (exact) mass is 525 g/mol. The molecule has 198 valence electrons. The number of ether oxygens (including phenoxy) is 3. The van der Waals surface area contributed by atoms with Crippen molar-refractivity contribution in [2.45, 2.75) is 44.0 Å². The van der Waals surface area contributed by atoms with Crippen molar-refractivity contribution < 1.29 is 28.6 Å². The molecule has 15 heteroatoms. The van der Waals surface area contributed by atoms with E-state index >= 15 is 0 Å². The maximum atomic E-state index is 13.8. The molecule has 5 rings (SSSR count). The quantitative estimate of drug-likeness (QED) is 0.0859. The molecular formula is C23H24FN9O5. The average molecular weight is 526 g/mol. The first kappa shape index (κ1) is 25.3. The van der Waals surface area contributed by atoms with E-state index in [1.54, 1.807) is 18.4 Å². The van der Waals surface area contributed by atoms with E-state index in [4.69, 9.17) is 30.9 Å². The van der Waals surface area contributed by atoms with E-state index in [0.717, 1.165) is 6.07 Å². The first-order valence-corrected chi connectivity index (χ1v) is 11.5. The van der Waals surface area contributed by atoms with E-state index in [-0.39, 0.29) is 36.8 Å². The van der Waals surface area contributed by atoms with Crippen molar-refractivity contribution in [3.05, 3.63) is 42.0 Å². The van der Waals surface area contributed by atoms with Crippen molar-refractivity contribution in [1.29, 1.82) is 0 Å². The molecule has 2 aliphatic heterocycles.